The van der Waals surface area contributed by atoms with Crippen LogP contribution in [-0.4, -0.2) is 22.1 Å². The maximum absolute atomic E-state index is 11.9. The molecule has 2 aromatic heterocycles. The quantitative estimate of drug-likeness (QED) is 0.792. The summed E-state index contributed by atoms with van der Waals surface area (Å²) in [5, 5.41) is 0. The van der Waals surface area contributed by atoms with Crippen molar-refractivity contribution < 1.29 is 9.53 Å². The molecule has 19 heavy (non-hydrogen) atoms. The van der Waals surface area contributed by atoms with Gasteiger partial charge in [0.25, 0.3) is 0 Å². The SMILES string of the molecule is CCOC(=O)c1c(C)ccn1Cc1cccc(C)n1. The highest BCUT2D eigenvalue weighted by Crippen LogP contribution is 2.13. The van der Waals surface area contributed by atoms with Gasteiger partial charge in [0.15, 0.2) is 0 Å². The molecule has 4 heteroatoms. The zero-order valence-electron chi connectivity index (χ0n) is 11.5. The molecule has 0 amide bonds. The lowest BCUT2D eigenvalue weighted by Gasteiger charge is -2.09. The third kappa shape index (κ3) is 3.02. The fourth-order valence-electron chi connectivity index (χ4n) is 2.05. The van der Waals surface area contributed by atoms with Gasteiger partial charge in [-0.05, 0) is 44.5 Å². The first-order chi connectivity index (χ1) is 9.11. The first kappa shape index (κ1) is 13.3. The van der Waals surface area contributed by atoms with Gasteiger partial charge < -0.3 is 9.30 Å². The molecule has 2 heterocycles. The second-order valence-corrected chi connectivity index (χ2v) is 4.47. The summed E-state index contributed by atoms with van der Waals surface area (Å²) in [6, 6.07) is 7.80. The van der Waals surface area contributed by atoms with Crippen LogP contribution in [0.15, 0.2) is 30.5 Å². The van der Waals surface area contributed by atoms with E-state index in [1.807, 2.05) is 55.8 Å². The minimum absolute atomic E-state index is 0.280. The maximum Gasteiger partial charge on any atom is 0.355 e. The van der Waals surface area contributed by atoms with Crippen LogP contribution in [0.25, 0.3) is 0 Å². The van der Waals surface area contributed by atoms with Gasteiger partial charge in [0.1, 0.15) is 5.69 Å². The topological polar surface area (TPSA) is 44.1 Å². The lowest BCUT2D eigenvalue weighted by Crippen LogP contribution is -2.14. The number of hydrogen-bond acceptors (Lipinski definition) is 3. The molecule has 0 aliphatic rings. The van der Waals surface area contributed by atoms with E-state index in [9.17, 15) is 4.79 Å². The molecule has 0 saturated carbocycles. The fraction of sp³-hybridized carbons (Fsp3) is 0.333. The highest BCUT2D eigenvalue weighted by atomic mass is 16.5. The lowest BCUT2D eigenvalue weighted by atomic mass is 10.2. The third-order valence-corrected chi connectivity index (χ3v) is 2.91. The Labute approximate surface area is 113 Å². The van der Waals surface area contributed by atoms with Crippen molar-refractivity contribution in [1.82, 2.24) is 9.55 Å². The van der Waals surface area contributed by atoms with E-state index < -0.39 is 0 Å². The number of nitrogens with zero attached hydrogens (tertiary/aromatic N) is 2. The normalized spacial score (nSPS) is 10.5. The fourth-order valence-corrected chi connectivity index (χ4v) is 2.05. The average Bonchev–Trinajstić information content (AvgIpc) is 2.71. The van der Waals surface area contributed by atoms with E-state index >= 15 is 0 Å². The maximum atomic E-state index is 11.9. The largest absolute Gasteiger partial charge is 0.461 e. The van der Waals surface area contributed by atoms with Crippen LogP contribution >= 0.6 is 0 Å². The van der Waals surface area contributed by atoms with Gasteiger partial charge in [-0.15, -0.1) is 0 Å². The van der Waals surface area contributed by atoms with E-state index in [0.717, 1.165) is 17.0 Å². The van der Waals surface area contributed by atoms with E-state index in [1.54, 1.807) is 0 Å². The van der Waals surface area contributed by atoms with Gasteiger partial charge in [-0.1, -0.05) is 6.07 Å². The smallest absolute Gasteiger partial charge is 0.355 e. The van der Waals surface area contributed by atoms with Crippen LogP contribution in [0.1, 0.15) is 34.4 Å². The van der Waals surface area contributed by atoms with Crippen LogP contribution in [0.4, 0.5) is 0 Å². The van der Waals surface area contributed by atoms with Crippen molar-refractivity contribution in [3.05, 3.63) is 53.1 Å². The van der Waals surface area contributed by atoms with Crippen LogP contribution in [-0.2, 0) is 11.3 Å². The summed E-state index contributed by atoms with van der Waals surface area (Å²) < 4.78 is 6.97. The van der Waals surface area contributed by atoms with Crippen LogP contribution in [0, 0.1) is 13.8 Å². The molecule has 2 rings (SSSR count). The van der Waals surface area contributed by atoms with Crippen molar-refractivity contribution >= 4 is 5.97 Å². The lowest BCUT2D eigenvalue weighted by molar-refractivity contribution is 0.0513. The number of ether oxygens (including phenoxy) is 1. The number of aryl methyl sites for hydroxylation is 2. The third-order valence-electron chi connectivity index (χ3n) is 2.91. The Kier molecular flexibility index (Phi) is 4.00. The van der Waals surface area contributed by atoms with Crippen molar-refractivity contribution in [2.75, 3.05) is 6.61 Å². The summed E-state index contributed by atoms with van der Waals surface area (Å²) in [5.74, 6) is -0.280. The number of pyridine rings is 1. The molecule has 0 radical (unpaired) electrons. The molecule has 2 aromatic rings. The van der Waals surface area contributed by atoms with E-state index in [0.29, 0.717) is 18.8 Å². The zero-order chi connectivity index (χ0) is 13.8. The summed E-state index contributed by atoms with van der Waals surface area (Å²) in [6.07, 6.45) is 1.89. The van der Waals surface area contributed by atoms with Gasteiger partial charge in [-0.3, -0.25) is 4.98 Å². The summed E-state index contributed by atoms with van der Waals surface area (Å²) in [7, 11) is 0. The number of carbonyl (C=O) groups is 1. The van der Waals surface area contributed by atoms with Gasteiger partial charge in [0, 0.05) is 11.9 Å². The summed E-state index contributed by atoms with van der Waals surface area (Å²) in [5.41, 5.74) is 3.43. The van der Waals surface area contributed by atoms with Crippen molar-refractivity contribution in [1.29, 1.82) is 0 Å². The zero-order valence-corrected chi connectivity index (χ0v) is 11.5. The van der Waals surface area contributed by atoms with Crippen molar-refractivity contribution in [3.8, 4) is 0 Å². The van der Waals surface area contributed by atoms with Gasteiger partial charge in [0.05, 0.1) is 18.8 Å². The molecule has 0 aromatic carbocycles. The Morgan fingerprint density at radius 2 is 2.11 bits per heavy atom. The van der Waals surface area contributed by atoms with Gasteiger partial charge in [0.2, 0.25) is 0 Å². The minimum Gasteiger partial charge on any atom is -0.461 e. The molecule has 0 aliphatic heterocycles. The molecular formula is C15H18N2O2. The second kappa shape index (κ2) is 5.69. The molecule has 0 atom stereocenters. The molecule has 0 spiro atoms. The highest BCUT2D eigenvalue weighted by molar-refractivity contribution is 5.89. The summed E-state index contributed by atoms with van der Waals surface area (Å²) >= 11 is 0. The highest BCUT2D eigenvalue weighted by Gasteiger charge is 2.16. The molecular weight excluding hydrogens is 240 g/mol. The standard InChI is InChI=1S/C15H18N2O2/c1-4-19-15(18)14-11(2)8-9-17(14)10-13-7-5-6-12(3)16-13/h5-9H,4,10H2,1-3H3. The molecule has 100 valence electrons. The Bertz CT molecular complexity index is 588. The Morgan fingerprint density at radius 1 is 1.32 bits per heavy atom. The van der Waals surface area contributed by atoms with Gasteiger partial charge in [-0.25, -0.2) is 4.79 Å². The Balaban J connectivity index is 2.28. The van der Waals surface area contributed by atoms with Crippen molar-refractivity contribution in [2.45, 2.75) is 27.3 Å². The van der Waals surface area contributed by atoms with Crippen molar-refractivity contribution in [3.63, 3.8) is 0 Å². The van der Waals surface area contributed by atoms with Crippen LogP contribution < -0.4 is 0 Å². The monoisotopic (exact) mass is 258 g/mol. The molecule has 0 saturated heterocycles. The molecule has 0 aliphatic carbocycles. The van der Waals surface area contributed by atoms with Crippen LogP contribution in [0.3, 0.4) is 0 Å². The first-order valence-corrected chi connectivity index (χ1v) is 6.37. The van der Waals surface area contributed by atoms with E-state index in [4.69, 9.17) is 4.74 Å². The first-order valence-electron chi connectivity index (χ1n) is 6.37. The summed E-state index contributed by atoms with van der Waals surface area (Å²) in [6.45, 7) is 6.63. The van der Waals surface area contributed by atoms with E-state index in [-0.39, 0.29) is 5.97 Å². The Hall–Kier alpha value is -2.10. The van der Waals surface area contributed by atoms with E-state index in [2.05, 4.69) is 4.98 Å². The van der Waals surface area contributed by atoms with Crippen LogP contribution in [0.5, 0.6) is 0 Å². The van der Waals surface area contributed by atoms with Crippen molar-refractivity contribution in [2.24, 2.45) is 0 Å². The number of rotatable bonds is 4. The van der Waals surface area contributed by atoms with E-state index in [1.165, 1.54) is 0 Å². The molecule has 0 N–H and O–H groups in total. The van der Waals surface area contributed by atoms with Crippen LogP contribution in [0.2, 0.25) is 0 Å². The molecule has 0 unspecified atom stereocenters. The van der Waals surface area contributed by atoms with Gasteiger partial charge >= 0.3 is 5.97 Å². The second-order valence-electron chi connectivity index (χ2n) is 4.47. The number of aromatic nitrogens is 2. The average molecular weight is 258 g/mol. The molecule has 0 fully saturated rings. The Morgan fingerprint density at radius 3 is 2.79 bits per heavy atom. The minimum atomic E-state index is -0.280. The summed E-state index contributed by atoms with van der Waals surface area (Å²) in [4.78, 5) is 16.4. The predicted molar refractivity (Wildman–Crippen MR) is 73.2 cm³/mol. The number of carbonyl (C=O) groups excluding carboxylic acids is 1. The molecule has 0 bridgehead atoms. The number of esters is 1. The number of hydrogen-bond donors (Lipinski definition) is 0. The predicted octanol–water partition coefficient (Wildman–Crippen LogP) is 2.72. The molecule has 4 nitrogen and oxygen atoms in total. The van der Waals surface area contributed by atoms with Gasteiger partial charge in [-0.2, -0.15) is 0 Å².